The predicted molar refractivity (Wildman–Crippen MR) is 68.9 cm³/mol. The van der Waals surface area contributed by atoms with E-state index in [-0.39, 0.29) is 12.4 Å². The summed E-state index contributed by atoms with van der Waals surface area (Å²) in [5, 5.41) is 0. The minimum atomic E-state index is -0.621. The van der Waals surface area contributed by atoms with Crippen LogP contribution in [0.15, 0.2) is 30.3 Å². The summed E-state index contributed by atoms with van der Waals surface area (Å²) in [4.78, 5) is 0. The van der Waals surface area contributed by atoms with E-state index in [1.807, 2.05) is 6.07 Å². The van der Waals surface area contributed by atoms with E-state index in [0.717, 1.165) is 19.3 Å². The fourth-order valence-corrected chi connectivity index (χ4v) is 2.06. The zero-order valence-corrected chi connectivity index (χ0v) is 10.9. The summed E-state index contributed by atoms with van der Waals surface area (Å²) in [5.74, 6) is 0. The van der Waals surface area contributed by atoms with E-state index in [1.54, 1.807) is 14.2 Å². The first-order valence-electron chi connectivity index (χ1n) is 6.22. The monoisotopic (exact) mass is 250 g/mol. The maximum absolute atomic E-state index is 5.66. The van der Waals surface area contributed by atoms with Crippen LogP contribution in [0.4, 0.5) is 0 Å². The molecule has 0 aliphatic carbocycles. The van der Waals surface area contributed by atoms with Gasteiger partial charge in [-0.05, 0) is 18.4 Å². The lowest BCUT2D eigenvalue weighted by atomic mass is 10.0. The van der Waals surface area contributed by atoms with Gasteiger partial charge in [-0.15, -0.1) is 0 Å². The van der Waals surface area contributed by atoms with Gasteiger partial charge in [0.1, 0.15) is 6.29 Å². The van der Waals surface area contributed by atoms with E-state index in [9.17, 15) is 0 Å². The van der Waals surface area contributed by atoms with Crippen LogP contribution in [-0.4, -0.2) is 33.9 Å². The maximum atomic E-state index is 5.66. The Balaban J connectivity index is 1.84. The van der Waals surface area contributed by atoms with Crippen LogP contribution in [0.1, 0.15) is 18.4 Å². The molecular formula is C13H19BO4. The molecule has 1 aliphatic heterocycles. The molecule has 0 amide bonds. The minimum Gasteiger partial charge on any atom is -0.389 e. The molecule has 4 nitrogen and oxygen atoms in total. The van der Waals surface area contributed by atoms with Gasteiger partial charge in [0.05, 0.1) is 6.10 Å². The quantitative estimate of drug-likeness (QED) is 0.749. The summed E-state index contributed by atoms with van der Waals surface area (Å²) in [5.41, 5.74) is 1.32. The molecule has 0 unspecified atom stereocenters. The first kappa shape index (κ1) is 13.6. The summed E-state index contributed by atoms with van der Waals surface area (Å²) in [6.07, 6.45) is 2.52. The molecule has 0 radical (unpaired) electrons. The van der Waals surface area contributed by atoms with Crippen LogP contribution < -0.4 is 0 Å². The summed E-state index contributed by atoms with van der Waals surface area (Å²) >= 11 is 0. The normalized spacial score (nSPS) is 24.2. The number of rotatable bonds is 5. The van der Waals surface area contributed by atoms with E-state index in [2.05, 4.69) is 24.3 Å². The Morgan fingerprint density at radius 3 is 2.67 bits per heavy atom. The van der Waals surface area contributed by atoms with E-state index in [0.29, 0.717) is 0 Å². The summed E-state index contributed by atoms with van der Waals surface area (Å²) in [6, 6.07) is 10.4. The third-order valence-electron chi connectivity index (χ3n) is 3.07. The van der Waals surface area contributed by atoms with Crippen molar-refractivity contribution in [3.05, 3.63) is 35.9 Å². The number of ether oxygens (including phenoxy) is 1. The highest BCUT2D eigenvalue weighted by Gasteiger charge is 2.35. The van der Waals surface area contributed by atoms with Gasteiger partial charge in [-0.25, -0.2) is 0 Å². The molecule has 2 atom stereocenters. The van der Waals surface area contributed by atoms with Crippen molar-refractivity contribution in [3.8, 4) is 0 Å². The summed E-state index contributed by atoms with van der Waals surface area (Å²) in [6.45, 7) is 0. The van der Waals surface area contributed by atoms with E-state index in [4.69, 9.17) is 18.7 Å². The molecule has 18 heavy (non-hydrogen) atoms. The van der Waals surface area contributed by atoms with Crippen molar-refractivity contribution < 1.29 is 18.7 Å². The molecule has 0 saturated carbocycles. The van der Waals surface area contributed by atoms with Gasteiger partial charge in [0.2, 0.25) is 0 Å². The summed E-state index contributed by atoms with van der Waals surface area (Å²) in [7, 11) is 2.58. The van der Waals surface area contributed by atoms with Crippen LogP contribution in [-0.2, 0) is 25.1 Å². The van der Waals surface area contributed by atoms with E-state index >= 15 is 0 Å². The second-order valence-corrected chi connectivity index (χ2v) is 4.34. The maximum Gasteiger partial charge on any atom is 0.641 e. The SMILES string of the molecule is COB1O[C@@H](CCc2ccccc2)C[C@H](OC)O1. The van der Waals surface area contributed by atoms with Crippen molar-refractivity contribution >= 4 is 7.32 Å². The molecule has 1 aliphatic rings. The van der Waals surface area contributed by atoms with Crippen molar-refractivity contribution in [2.45, 2.75) is 31.7 Å². The summed E-state index contributed by atoms with van der Waals surface area (Å²) < 4.78 is 21.4. The van der Waals surface area contributed by atoms with Gasteiger partial charge in [0.25, 0.3) is 0 Å². The minimum absolute atomic E-state index is 0.105. The highest BCUT2D eigenvalue weighted by molar-refractivity contribution is 6.36. The molecule has 0 bridgehead atoms. The number of methoxy groups -OCH3 is 1. The molecular weight excluding hydrogens is 231 g/mol. The number of hydrogen-bond acceptors (Lipinski definition) is 4. The third kappa shape index (κ3) is 3.81. The molecule has 98 valence electrons. The lowest BCUT2D eigenvalue weighted by molar-refractivity contribution is -0.142. The van der Waals surface area contributed by atoms with Gasteiger partial charge in [-0.1, -0.05) is 30.3 Å². The second-order valence-electron chi connectivity index (χ2n) is 4.34. The lowest BCUT2D eigenvalue weighted by Gasteiger charge is -2.31. The molecule has 0 N–H and O–H groups in total. The predicted octanol–water partition coefficient (Wildman–Crippen LogP) is 2.03. The number of hydrogen-bond donors (Lipinski definition) is 0. The highest BCUT2D eigenvalue weighted by Crippen LogP contribution is 2.21. The van der Waals surface area contributed by atoms with E-state index in [1.165, 1.54) is 5.56 Å². The number of aryl methyl sites for hydroxylation is 1. The first-order valence-corrected chi connectivity index (χ1v) is 6.22. The molecule has 1 fully saturated rings. The Morgan fingerprint density at radius 1 is 1.22 bits per heavy atom. The van der Waals surface area contributed by atoms with Gasteiger partial charge < -0.3 is 18.7 Å². The molecule has 1 heterocycles. The topological polar surface area (TPSA) is 36.9 Å². The third-order valence-corrected chi connectivity index (χ3v) is 3.07. The van der Waals surface area contributed by atoms with Crippen molar-refractivity contribution in [2.24, 2.45) is 0 Å². The van der Waals surface area contributed by atoms with Crippen LogP contribution in [0.3, 0.4) is 0 Å². The molecule has 0 spiro atoms. The van der Waals surface area contributed by atoms with E-state index < -0.39 is 7.32 Å². The number of benzene rings is 1. The largest absolute Gasteiger partial charge is 0.641 e. The Morgan fingerprint density at radius 2 is 2.00 bits per heavy atom. The average Bonchev–Trinajstić information content (AvgIpc) is 2.45. The molecule has 1 saturated heterocycles. The molecule has 5 heteroatoms. The highest BCUT2D eigenvalue weighted by atomic mass is 16.8. The molecule has 1 aromatic carbocycles. The standard InChI is InChI=1S/C13H19BO4/c1-15-13-10-12(17-14(16-2)18-13)9-8-11-6-4-3-5-7-11/h3-7,12-13H,8-10H2,1-2H3/t12-,13+/m0/s1. The Hall–Kier alpha value is -0.875. The Labute approximate surface area is 108 Å². The van der Waals surface area contributed by atoms with Gasteiger partial charge in [0, 0.05) is 20.6 Å². The van der Waals surface area contributed by atoms with Crippen molar-refractivity contribution in [1.29, 1.82) is 0 Å². The van der Waals surface area contributed by atoms with Gasteiger partial charge in [-0.3, -0.25) is 0 Å². The van der Waals surface area contributed by atoms with Gasteiger partial charge in [0.15, 0.2) is 0 Å². The Bertz CT molecular complexity index is 334. The van der Waals surface area contributed by atoms with Crippen LogP contribution >= 0.6 is 0 Å². The lowest BCUT2D eigenvalue weighted by Crippen LogP contribution is -2.43. The van der Waals surface area contributed by atoms with Gasteiger partial charge in [-0.2, -0.15) is 0 Å². The van der Waals surface area contributed by atoms with Crippen LogP contribution in [0.25, 0.3) is 0 Å². The van der Waals surface area contributed by atoms with Gasteiger partial charge >= 0.3 is 7.32 Å². The second kappa shape index (κ2) is 6.90. The molecule has 0 aromatic heterocycles. The smallest absolute Gasteiger partial charge is 0.389 e. The van der Waals surface area contributed by atoms with Crippen molar-refractivity contribution in [3.63, 3.8) is 0 Å². The van der Waals surface area contributed by atoms with Crippen LogP contribution in [0, 0.1) is 0 Å². The fourth-order valence-electron chi connectivity index (χ4n) is 2.06. The zero-order chi connectivity index (χ0) is 12.8. The molecule has 2 rings (SSSR count). The fraction of sp³-hybridized carbons (Fsp3) is 0.538. The van der Waals surface area contributed by atoms with Crippen LogP contribution in [0.2, 0.25) is 0 Å². The van der Waals surface area contributed by atoms with Crippen molar-refractivity contribution in [1.82, 2.24) is 0 Å². The first-order chi connectivity index (χ1) is 8.81. The van der Waals surface area contributed by atoms with Crippen molar-refractivity contribution in [2.75, 3.05) is 14.2 Å². The molecule has 1 aromatic rings. The Kier molecular flexibility index (Phi) is 5.19. The zero-order valence-electron chi connectivity index (χ0n) is 10.9. The average molecular weight is 250 g/mol. The van der Waals surface area contributed by atoms with Crippen LogP contribution in [0.5, 0.6) is 0 Å².